The fraction of sp³-hybridized carbons (Fsp3) is 0.917. The van der Waals surface area contributed by atoms with Gasteiger partial charge in [-0.05, 0) is 38.5 Å². The van der Waals surface area contributed by atoms with E-state index in [1.54, 1.807) is 13.8 Å². The Hall–Kier alpha value is -0.860. The molecule has 0 aromatic rings. The van der Waals surface area contributed by atoms with Gasteiger partial charge in [-0.15, -0.1) is 0 Å². The standard InChI is InChI=1S/C12H23N3O4S/c1-8(2)19-12(16)14-20(17,18)15-6-9-4-3-5-11(13)10(9)7-15/h8-11H,3-7,13H2,1-2H3,(H,14,16). The van der Waals surface area contributed by atoms with Gasteiger partial charge in [0.05, 0.1) is 6.10 Å². The number of amides is 1. The number of fused-ring (bicyclic) bond motifs is 1. The summed E-state index contributed by atoms with van der Waals surface area (Å²) in [6.07, 6.45) is 1.69. The molecule has 0 aromatic carbocycles. The quantitative estimate of drug-likeness (QED) is 0.787. The van der Waals surface area contributed by atoms with Crippen molar-refractivity contribution in [3.05, 3.63) is 0 Å². The van der Waals surface area contributed by atoms with Crippen LogP contribution in [0.15, 0.2) is 0 Å². The highest BCUT2D eigenvalue weighted by molar-refractivity contribution is 7.87. The van der Waals surface area contributed by atoms with E-state index in [0.29, 0.717) is 19.0 Å². The van der Waals surface area contributed by atoms with Crippen molar-refractivity contribution in [1.29, 1.82) is 0 Å². The predicted octanol–water partition coefficient (Wildman–Crippen LogP) is 0.425. The first-order valence-electron chi connectivity index (χ1n) is 7.03. The average Bonchev–Trinajstić information content (AvgIpc) is 2.72. The summed E-state index contributed by atoms with van der Waals surface area (Å²) in [6, 6.07) is 0.0524. The molecule has 0 aromatic heterocycles. The summed E-state index contributed by atoms with van der Waals surface area (Å²) in [7, 11) is -3.83. The maximum atomic E-state index is 12.1. The van der Waals surface area contributed by atoms with E-state index in [2.05, 4.69) is 0 Å². The molecule has 3 N–H and O–H groups in total. The lowest BCUT2D eigenvalue weighted by Crippen LogP contribution is -2.44. The fourth-order valence-electron chi connectivity index (χ4n) is 3.08. The van der Waals surface area contributed by atoms with Crippen LogP contribution in [-0.4, -0.2) is 44.1 Å². The number of ether oxygens (including phenoxy) is 1. The SMILES string of the molecule is CC(C)OC(=O)NS(=O)(=O)N1CC2CCCC(N)C2C1. The van der Waals surface area contributed by atoms with Crippen LogP contribution in [-0.2, 0) is 14.9 Å². The van der Waals surface area contributed by atoms with Crippen LogP contribution in [0.25, 0.3) is 0 Å². The van der Waals surface area contributed by atoms with E-state index in [1.807, 2.05) is 4.72 Å². The van der Waals surface area contributed by atoms with E-state index >= 15 is 0 Å². The minimum absolute atomic E-state index is 0.0524. The smallest absolute Gasteiger partial charge is 0.422 e. The number of rotatable bonds is 3. The van der Waals surface area contributed by atoms with Gasteiger partial charge in [0.2, 0.25) is 0 Å². The van der Waals surface area contributed by atoms with Crippen LogP contribution in [0.4, 0.5) is 4.79 Å². The third kappa shape index (κ3) is 3.42. The molecular formula is C12H23N3O4S. The molecular weight excluding hydrogens is 282 g/mol. The van der Waals surface area contributed by atoms with Gasteiger partial charge in [-0.1, -0.05) is 6.42 Å². The molecule has 116 valence electrons. The minimum atomic E-state index is -3.83. The molecule has 7 nitrogen and oxygen atoms in total. The van der Waals surface area contributed by atoms with Crippen LogP contribution in [0.1, 0.15) is 33.1 Å². The average molecular weight is 305 g/mol. The van der Waals surface area contributed by atoms with Gasteiger partial charge in [-0.3, -0.25) is 0 Å². The molecule has 2 fully saturated rings. The summed E-state index contributed by atoms with van der Waals surface area (Å²) < 4.78 is 32.4. The van der Waals surface area contributed by atoms with E-state index in [0.717, 1.165) is 19.3 Å². The van der Waals surface area contributed by atoms with Crippen LogP contribution in [0, 0.1) is 11.8 Å². The van der Waals surface area contributed by atoms with Gasteiger partial charge in [-0.2, -0.15) is 12.7 Å². The lowest BCUT2D eigenvalue weighted by molar-refractivity contribution is 0.121. The Morgan fingerprint density at radius 2 is 2.05 bits per heavy atom. The highest BCUT2D eigenvalue weighted by Crippen LogP contribution is 2.36. The van der Waals surface area contributed by atoms with Crippen molar-refractivity contribution in [2.75, 3.05) is 13.1 Å². The van der Waals surface area contributed by atoms with Crippen molar-refractivity contribution >= 4 is 16.3 Å². The summed E-state index contributed by atoms with van der Waals surface area (Å²) >= 11 is 0. The Labute approximate surface area is 120 Å². The summed E-state index contributed by atoms with van der Waals surface area (Å²) in [5.74, 6) is 0.498. The first-order chi connectivity index (χ1) is 9.29. The van der Waals surface area contributed by atoms with Gasteiger partial charge in [0.25, 0.3) is 0 Å². The first kappa shape index (κ1) is 15.5. The van der Waals surface area contributed by atoms with Crippen LogP contribution < -0.4 is 10.5 Å². The third-order valence-corrected chi connectivity index (χ3v) is 5.42. The van der Waals surface area contributed by atoms with Crippen molar-refractivity contribution in [2.24, 2.45) is 17.6 Å². The molecule has 1 aliphatic carbocycles. The number of nitrogens with one attached hydrogen (secondary N) is 1. The lowest BCUT2D eigenvalue weighted by Gasteiger charge is -2.29. The largest absolute Gasteiger partial charge is 0.446 e. The van der Waals surface area contributed by atoms with Gasteiger partial charge in [0, 0.05) is 19.1 Å². The molecule has 1 heterocycles. The summed E-state index contributed by atoms with van der Waals surface area (Å²) in [5.41, 5.74) is 6.06. The Bertz CT molecular complexity index is 465. The molecule has 1 aliphatic heterocycles. The molecule has 0 spiro atoms. The summed E-state index contributed by atoms with van der Waals surface area (Å²) in [4.78, 5) is 11.4. The Balaban J connectivity index is 1.99. The summed E-state index contributed by atoms with van der Waals surface area (Å²) in [6.45, 7) is 4.14. The second-order valence-corrected chi connectivity index (χ2v) is 7.57. The molecule has 2 rings (SSSR count). The Kier molecular flexibility index (Phi) is 4.55. The zero-order valence-electron chi connectivity index (χ0n) is 11.9. The van der Waals surface area contributed by atoms with E-state index < -0.39 is 16.3 Å². The van der Waals surface area contributed by atoms with E-state index in [4.69, 9.17) is 10.5 Å². The second kappa shape index (κ2) is 5.87. The van der Waals surface area contributed by atoms with E-state index in [9.17, 15) is 13.2 Å². The van der Waals surface area contributed by atoms with Crippen LogP contribution >= 0.6 is 0 Å². The van der Waals surface area contributed by atoms with Crippen LogP contribution in [0.3, 0.4) is 0 Å². The fourth-order valence-corrected chi connectivity index (χ4v) is 4.22. The normalized spacial score (nSPS) is 31.1. The van der Waals surface area contributed by atoms with Gasteiger partial charge in [-0.25, -0.2) is 9.52 Å². The minimum Gasteiger partial charge on any atom is -0.446 e. The van der Waals surface area contributed by atoms with Gasteiger partial charge in [0.1, 0.15) is 0 Å². The predicted molar refractivity (Wildman–Crippen MR) is 74.1 cm³/mol. The highest BCUT2D eigenvalue weighted by Gasteiger charge is 2.43. The Morgan fingerprint density at radius 1 is 1.35 bits per heavy atom. The van der Waals surface area contributed by atoms with Gasteiger partial charge >= 0.3 is 16.3 Å². The van der Waals surface area contributed by atoms with E-state index in [-0.39, 0.29) is 18.1 Å². The highest BCUT2D eigenvalue weighted by atomic mass is 32.2. The maximum Gasteiger partial charge on any atom is 0.422 e. The molecule has 0 bridgehead atoms. The van der Waals surface area contributed by atoms with E-state index in [1.165, 1.54) is 4.31 Å². The number of hydrogen-bond acceptors (Lipinski definition) is 5. The second-order valence-electron chi connectivity index (χ2n) is 5.90. The molecule has 20 heavy (non-hydrogen) atoms. The molecule has 1 amide bonds. The van der Waals surface area contributed by atoms with Crippen LogP contribution in [0.2, 0.25) is 0 Å². The molecule has 3 atom stereocenters. The van der Waals surface area contributed by atoms with Gasteiger partial charge < -0.3 is 10.5 Å². The molecule has 1 saturated carbocycles. The molecule has 0 radical (unpaired) electrons. The molecule has 1 saturated heterocycles. The van der Waals surface area contributed by atoms with Crippen molar-refractivity contribution < 1.29 is 17.9 Å². The van der Waals surface area contributed by atoms with Gasteiger partial charge in [0.15, 0.2) is 0 Å². The number of nitrogens with two attached hydrogens (primary N) is 1. The number of carbonyl (C=O) groups excluding carboxylic acids is 1. The van der Waals surface area contributed by atoms with Crippen LogP contribution in [0.5, 0.6) is 0 Å². The molecule has 8 heteroatoms. The first-order valence-corrected chi connectivity index (χ1v) is 8.47. The lowest BCUT2D eigenvalue weighted by atomic mass is 9.78. The topological polar surface area (TPSA) is 102 Å². The summed E-state index contributed by atoms with van der Waals surface area (Å²) in [5, 5.41) is 0. The monoisotopic (exact) mass is 305 g/mol. The third-order valence-electron chi connectivity index (χ3n) is 4.02. The Morgan fingerprint density at radius 3 is 2.65 bits per heavy atom. The zero-order chi connectivity index (χ0) is 14.9. The van der Waals surface area contributed by atoms with Crippen molar-refractivity contribution in [1.82, 2.24) is 9.03 Å². The number of hydrogen-bond donors (Lipinski definition) is 2. The van der Waals surface area contributed by atoms with Crippen molar-refractivity contribution in [3.8, 4) is 0 Å². The number of carbonyl (C=O) groups is 1. The maximum absolute atomic E-state index is 12.1. The number of nitrogens with zero attached hydrogens (tertiary/aromatic N) is 1. The molecule has 2 aliphatic rings. The zero-order valence-corrected chi connectivity index (χ0v) is 12.7. The van der Waals surface area contributed by atoms with Crippen molar-refractivity contribution in [2.45, 2.75) is 45.3 Å². The molecule has 3 unspecified atom stereocenters. The van der Waals surface area contributed by atoms with Crippen molar-refractivity contribution in [3.63, 3.8) is 0 Å².